The van der Waals surface area contributed by atoms with Gasteiger partial charge in [-0.05, 0) is 51.3 Å². The standard InChI is InChI=1S/C24H34ClN5O5S/c1-14(31)27-20-28-17(18(25)36-20)13-10-15-8-11-16(12-9-15)29-24(22(2,3)4,34-19(26)32)35-21(33)30-23(5,6)7/h8-9,11-12,29H,10,13H2,1-7H3,(H2,26,32)(H,30,33)(H,27,28,31). The Balaban J connectivity index is 2.20. The highest BCUT2D eigenvalue weighted by Crippen LogP contribution is 2.37. The van der Waals surface area contributed by atoms with Crippen LogP contribution in [-0.2, 0) is 27.1 Å². The summed E-state index contributed by atoms with van der Waals surface area (Å²) >= 11 is 7.47. The molecule has 0 fully saturated rings. The van der Waals surface area contributed by atoms with Crippen molar-refractivity contribution in [3.05, 3.63) is 39.9 Å². The minimum Gasteiger partial charge on any atom is -0.387 e. The first-order valence-corrected chi connectivity index (χ1v) is 12.5. The molecule has 5 N–H and O–H groups in total. The van der Waals surface area contributed by atoms with Crippen molar-refractivity contribution in [2.24, 2.45) is 11.1 Å². The summed E-state index contributed by atoms with van der Waals surface area (Å²) in [6, 6.07) is 7.31. The van der Waals surface area contributed by atoms with Crippen molar-refractivity contribution < 1.29 is 23.9 Å². The van der Waals surface area contributed by atoms with Crippen molar-refractivity contribution in [3.63, 3.8) is 0 Å². The van der Waals surface area contributed by atoms with Crippen molar-refractivity contribution in [2.75, 3.05) is 10.6 Å². The van der Waals surface area contributed by atoms with Crippen LogP contribution in [0.5, 0.6) is 0 Å². The number of aromatic nitrogens is 1. The molecule has 0 aliphatic heterocycles. The topological polar surface area (TPSA) is 145 Å². The second kappa shape index (κ2) is 11.3. The number of carbonyl (C=O) groups is 3. The van der Waals surface area contributed by atoms with E-state index in [9.17, 15) is 14.4 Å². The first kappa shape index (κ1) is 29.2. The Labute approximate surface area is 220 Å². The number of benzene rings is 1. The van der Waals surface area contributed by atoms with Gasteiger partial charge in [-0.15, -0.1) is 0 Å². The second-order valence-electron chi connectivity index (χ2n) is 10.3. The fourth-order valence-electron chi connectivity index (χ4n) is 3.07. The number of nitrogens with two attached hydrogens (primary N) is 1. The molecule has 1 unspecified atom stereocenters. The second-order valence-corrected chi connectivity index (χ2v) is 11.9. The molecule has 3 amide bonds. The number of hydrogen-bond acceptors (Lipinski definition) is 8. The maximum absolute atomic E-state index is 12.6. The molecule has 0 bridgehead atoms. The molecule has 0 aliphatic rings. The first-order valence-electron chi connectivity index (χ1n) is 11.3. The average molecular weight is 540 g/mol. The monoisotopic (exact) mass is 539 g/mol. The molecule has 0 aliphatic carbocycles. The smallest absolute Gasteiger partial charge is 0.387 e. The predicted octanol–water partition coefficient (Wildman–Crippen LogP) is 5.27. The first-order chi connectivity index (χ1) is 16.5. The van der Waals surface area contributed by atoms with Gasteiger partial charge in [0.1, 0.15) is 4.34 Å². The third-order valence-electron chi connectivity index (χ3n) is 4.79. The number of amides is 3. The SMILES string of the molecule is CC(=O)Nc1nc(CCc2ccc(NC(OC(N)=O)(OC(=O)NC(C)(C)C)C(C)(C)C)cc2)c(Cl)s1. The third-order valence-corrected chi connectivity index (χ3v) is 6.04. The number of nitrogens with one attached hydrogen (secondary N) is 3. The largest absolute Gasteiger partial charge is 0.412 e. The van der Waals surface area contributed by atoms with E-state index in [2.05, 4.69) is 20.9 Å². The van der Waals surface area contributed by atoms with Gasteiger partial charge in [0.05, 0.1) is 11.1 Å². The molecule has 2 aromatic rings. The molecule has 1 aromatic carbocycles. The molecular weight excluding hydrogens is 506 g/mol. The minimum atomic E-state index is -1.89. The van der Waals surface area contributed by atoms with E-state index in [1.54, 1.807) is 53.7 Å². The zero-order valence-corrected chi connectivity index (χ0v) is 23.1. The summed E-state index contributed by atoms with van der Waals surface area (Å²) < 4.78 is 11.5. The molecular formula is C24H34ClN5O5S. The molecule has 12 heteroatoms. The van der Waals surface area contributed by atoms with Gasteiger partial charge in [0, 0.05) is 18.2 Å². The van der Waals surface area contributed by atoms with Crippen LogP contribution in [0.25, 0.3) is 0 Å². The van der Waals surface area contributed by atoms with E-state index >= 15 is 0 Å². The fraction of sp³-hybridized carbons (Fsp3) is 0.500. The molecule has 10 nitrogen and oxygen atoms in total. The third kappa shape index (κ3) is 8.56. The van der Waals surface area contributed by atoms with Gasteiger partial charge in [-0.3, -0.25) is 4.79 Å². The van der Waals surface area contributed by atoms with Gasteiger partial charge in [-0.2, -0.15) is 0 Å². The highest BCUT2D eigenvalue weighted by Gasteiger charge is 2.50. The average Bonchev–Trinajstić information content (AvgIpc) is 3.02. The summed E-state index contributed by atoms with van der Waals surface area (Å²) in [7, 11) is 0. The number of nitrogens with zero attached hydrogens (tertiary/aromatic N) is 1. The number of alkyl carbamates (subject to hydrolysis) is 1. The van der Waals surface area contributed by atoms with Crippen molar-refractivity contribution in [3.8, 4) is 0 Å². The van der Waals surface area contributed by atoms with Crippen LogP contribution in [-0.4, -0.2) is 34.5 Å². The zero-order valence-electron chi connectivity index (χ0n) is 21.6. The molecule has 0 saturated heterocycles. The summed E-state index contributed by atoms with van der Waals surface area (Å²) in [4.78, 5) is 40.0. The Bertz CT molecular complexity index is 1090. The van der Waals surface area contributed by atoms with Crippen molar-refractivity contribution in [2.45, 2.75) is 72.8 Å². The molecule has 2 rings (SSSR count). The molecule has 0 saturated carbocycles. The molecule has 0 spiro atoms. The van der Waals surface area contributed by atoms with Crippen LogP contribution in [0, 0.1) is 5.41 Å². The number of aryl methyl sites for hydroxylation is 2. The van der Waals surface area contributed by atoms with Crippen LogP contribution in [0.1, 0.15) is 59.7 Å². The number of hydrogen-bond donors (Lipinski definition) is 4. The summed E-state index contributed by atoms with van der Waals surface area (Å²) in [5.74, 6) is -2.09. The van der Waals surface area contributed by atoms with E-state index < -0.39 is 29.1 Å². The van der Waals surface area contributed by atoms with E-state index in [0.29, 0.717) is 33.7 Å². The van der Waals surface area contributed by atoms with Crippen LogP contribution >= 0.6 is 22.9 Å². The molecule has 1 heterocycles. The summed E-state index contributed by atoms with van der Waals surface area (Å²) in [6.45, 7) is 12.0. The van der Waals surface area contributed by atoms with Crippen LogP contribution in [0.4, 0.5) is 20.4 Å². The number of thiazole rings is 1. The Hall–Kier alpha value is -3.05. The summed E-state index contributed by atoms with van der Waals surface area (Å²) in [5.41, 5.74) is 6.10. The normalized spacial score (nSPS) is 13.3. The van der Waals surface area contributed by atoms with Crippen LogP contribution in [0.3, 0.4) is 0 Å². The minimum absolute atomic E-state index is 0.207. The van der Waals surface area contributed by atoms with Crippen molar-refractivity contribution in [1.82, 2.24) is 10.3 Å². The summed E-state index contributed by atoms with van der Waals surface area (Å²) in [6.07, 6.45) is -0.650. The van der Waals surface area contributed by atoms with Crippen LogP contribution in [0.2, 0.25) is 4.34 Å². The number of primary amides is 1. The van der Waals surface area contributed by atoms with Gasteiger partial charge in [0.25, 0.3) is 0 Å². The molecule has 0 radical (unpaired) electrons. The number of ether oxygens (including phenoxy) is 2. The Morgan fingerprint density at radius 1 is 1.03 bits per heavy atom. The molecule has 1 atom stereocenters. The molecule has 198 valence electrons. The van der Waals surface area contributed by atoms with E-state index in [1.807, 2.05) is 12.1 Å². The Kier molecular flexibility index (Phi) is 9.19. The Morgan fingerprint density at radius 3 is 2.14 bits per heavy atom. The van der Waals surface area contributed by atoms with E-state index in [-0.39, 0.29) is 5.91 Å². The molecule has 1 aromatic heterocycles. The van der Waals surface area contributed by atoms with Gasteiger partial charge in [-0.25, -0.2) is 14.6 Å². The lowest BCUT2D eigenvalue weighted by Crippen LogP contribution is -2.59. The van der Waals surface area contributed by atoms with Gasteiger partial charge < -0.3 is 31.2 Å². The lowest BCUT2D eigenvalue weighted by Gasteiger charge is -2.42. The highest BCUT2D eigenvalue weighted by atomic mass is 35.5. The summed E-state index contributed by atoms with van der Waals surface area (Å²) in [5, 5.41) is 8.82. The van der Waals surface area contributed by atoms with Gasteiger partial charge in [0.15, 0.2) is 5.13 Å². The zero-order chi connectivity index (χ0) is 27.3. The van der Waals surface area contributed by atoms with Crippen molar-refractivity contribution >= 4 is 51.9 Å². The van der Waals surface area contributed by atoms with Crippen LogP contribution in [0.15, 0.2) is 24.3 Å². The quantitative estimate of drug-likeness (QED) is 0.334. The van der Waals surface area contributed by atoms with Gasteiger partial charge in [-0.1, -0.05) is 55.8 Å². The lowest BCUT2D eigenvalue weighted by atomic mass is 9.90. The van der Waals surface area contributed by atoms with E-state index in [4.69, 9.17) is 26.8 Å². The number of halogens is 1. The van der Waals surface area contributed by atoms with E-state index in [1.165, 1.54) is 18.3 Å². The van der Waals surface area contributed by atoms with E-state index in [0.717, 1.165) is 5.56 Å². The molecule has 36 heavy (non-hydrogen) atoms. The number of rotatable bonds is 8. The lowest BCUT2D eigenvalue weighted by molar-refractivity contribution is -0.202. The highest BCUT2D eigenvalue weighted by molar-refractivity contribution is 7.19. The number of anilines is 2. The maximum atomic E-state index is 12.6. The maximum Gasteiger partial charge on any atom is 0.412 e. The van der Waals surface area contributed by atoms with Gasteiger partial charge >= 0.3 is 18.1 Å². The Morgan fingerprint density at radius 2 is 1.64 bits per heavy atom. The number of carbonyl (C=O) groups excluding carboxylic acids is 3. The van der Waals surface area contributed by atoms with Gasteiger partial charge in [0.2, 0.25) is 5.91 Å². The van der Waals surface area contributed by atoms with Crippen molar-refractivity contribution in [1.29, 1.82) is 0 Å². The fourth-order valence-corrected chi connectivity index (χ4v) is 4.21. The van der Waals surface area contributed by atoms with Crippen LogP contribution < -0.4 is 21.7 Å². The predicted molar refractivity (Wildman–Crippen MR) is 141 cm³/mol.